The average molecular weight is 819 g/mol. The minimum absolute atomic E-state index is 0.133. The standard InChI is InChI=1S/C44H47ClN8O4S/c1-2-3-16-38-48-40(45)39(53(38)27-30-19-23-33(24-20-30)35-13-7-8-14-36(35)41-49-51-52-50-41)43(55)46-25-10-9-15-37(44(56)57)47-42(54)34(28-58)26-29-17-21-32(22-18-29)31-11-5-4-6-12-31/h4-8,11-14,17-24,34,37,58H,2-3,9-10,15-16,25-28H2,1H3,(H,46,55)(H,47,54)(H,56,57)(H,49,50,51,52)/t34?,37-/m0/s1. The first-order valence-electron chi connectivity index (χ1n) is 19.5. The van der Waals surface area contributed by atoms with Gasteiger partial charge in [-0.2, -0.15) is 17.8 Å². The number of carboxylic acids is 1. The van der Waals surface area contributed by atoms with E-state index in [1.54, 1.807) is 0 Å². The van der Waals surface area contributed by atoms with Gasteiger partial charge in [0.05, 0.1) is 5.92 Å². The molecule has 0 saturated heterocycles. The molecule has 0 fully saturated rings. The zero-order valence-electron chi connectivity index (χ0n) is 32.3. The molecule has 58 heavy (non-hydrogen) atoms. The van der Waals surface area contributed by atoms with Crippen molar-refractivity contribution in [2.24, 2.45) is 5.92 Å². The van der Waals surface area contributed by atoms with Crippen LogP contribution in [-0.4, -0.2) is 71.4 Å². The van der Waals surface area contributed by atoms with E-state index in [0.717, 1.165) is 57.6 Å². The molecule has 6 rings (SSSR count). The van der Waals surface area contributed by atoms with E-state index in [1.807, 2.05) is 108 Å². The monoisotopic (exact) mass is 818 g/mol. The van der Waals surface area contributed by atoms with Crippen LogP contribution < -0.4 is 10.6 Å². The van der Waals surface area contributed by atoms with Crippen molar-refractivity contribution in [3.8, 4) is 33.6 Å². The molecule has 2 aromatic heterocycles. The highest BCUT2D eigenvalue weighted by Gasteiger charge is 2.26. The lowest BCUT2D eigenvalue weighted by Gasteiger charge is -2.19. The second kappa shape index (κ2) is 20.6. The van der Waals surface area contributed by atoms with Crippen LogP contribution in [0.3, 0.4) is 0 Å². The number of hydrogen-bond donors (Lipinski definition) is 5. The van der Waals surface area contributed by atoms with Crippen molar-refractivity contribution in [2.75, 3.05) is 12.3 Å². The number of aliphatic carboxylic acids is 1. The number of imidazole rings is 1. The SMILES string of the molecule is CCCCc1nc(Cl)c(C(=O)NCCCC[C@H](NC(=O)C(CS)Cc2ccc(-c3ccccc3)cc2)C(=O)O)n1Cc1ccc(-c2ccccc2-c2nn[nH]n2)cc1. The summed E-state index contributed by atoms with van der Waals surface area (Å²) in [7, 11) is 0. The van der Waals surface area contributed by atoms with Crippen molar-refractivity contribution in [3.63, 3.8) is 0 Å². The molecule has 2 atom stereocenters. The van der Waals surface area contributed by atoms with E-state index in [2.05, 4.69) is 55.8 Å². The van der Waals surface area contributed by atoms with E-state index in [0.29, 0.717) is 38.1 Å². The zero-order chi connectivity index (χ0) is 40.9. The Morgan fingerprint density at radius 1 is 0.845 bits per heavy atom. The Morgan fingerprint density at radius 2 is 1.52 bits per heavy atom. The number of tetrazole rings is 1. The van der Waals surface area contributed by atoms with Gasteiger partial charge in [0.2, 0.25) is 11.7 Å². The number of aromatic nitrogens is 6. The molecular formula is C44H47ClN8O4S. The summed E-state index contributed by atoms with van der Waals surface area (Å²) < 4.78 is 1.88. The molecule has 12 nitrogen and oxygen atoms in total. The molecular weight excluding hydrogens is 772 g/mol. The Labute approximate surface area is 348 Å². The van der Waals surface area contributed by atoms with Gasteiger partial charge in [0.15, 0.2) is 5.15 Å². The van der Waals surface area contributed by atoms with Gasteiger partial charge in [0.1, 0.15) is 17.6 Å². The number of nitrogens with zero attached hydrogens (tertiary/aromatic N) is 5. The van der Waals surface area contributed by atoms with E-state index in [1.165, 1.54) is 0 Å². The summed E-state index contributed by atoms with van der Waals surface area (Å²) in [5.74, 6) is -0.814. The highest BCUT2D eigenvalue weighted by Crippen LogP contribution is 2.30. The first-order chi connectivity index (χ1) is 28.2. The number of hydrogen-bond acceptors (Lipinski definition) is 8. The highest BCUT2D eigenvalue weighted by atomic mass is 35.5. The summed E-state index contributed by atoms with van der Waals surface area (Å²) in [6, 6.07) is 32.9. The predicted octanol–water partition coefficient (Wildman–Crippen LogP) is 7.70. The topological polar surface area (TPSA) is 168 Å². The van der Waals surface area contributed by atoms with Gasteiger partial charge < -0.3 is 20.3 Å². The number of carbonyl (C=O) groups excluding carboxylic acids is 2. The Hall–Kier alpha value is -5.79. The fourth-order valence-electron chi connectivity index (χ4n) is 6.85. The fourth-order valence-corrected chi connectivity index (χ4v) is 7.43. The van der Waals surface area contributed by atoms with Crippen LogP contribution in [0.1, 0.15) is 66.5 Å². The Bertz CT molecular complexity index is 2270. The van der Waals surface area contributed by atoms with Gasteiger partial charge in [-0.1, -0.05) is 128 Å². The molecule has 6 aromatic rings. The van der Waals surface area contributed by atoms with Crippen molar-refractivity contribution < 1.29 is 19.5 Å². The van der Waals surface area contributed by atoms with Gasteiger partial charge in [-0.3, -0.25) is 9.59 Å². The summed E-state index contributed by atoms with van der Waals surface area (Å²) in [4.78, 5) is 43.6. The summed E-state index contributed by atoms with van der Waals surface area (Å²) in [6.45, 7) is 2.77. The number of nitrogens with one attached hydrogen (secondary N) is 3. The number of aryl methyl sites for hydroxylation is 1. The maximum atomic E-state index is 13.6. The van der Waals surface area contributed by atoms with Crippen molar-refractivity contribution in [2.45, 2.75) is 64.5 Å². The number of benzene rings is 4. The van der Waals surface area contributed by atoms with Crippen molar-refractivity contribution >= 4 is 42.0 Å². The van der Waals surface area contributed by atoms with Crippen LogP contribution in [0, 0.1) is 5.92 Å². The molecule has 0 bridgehead atoms. The van der Waals surface area contributed by atoms with Gasteiger partial charge in [-0.05, 0) is 70.7 Å². The quantitative estimate of drug-likeness (QED) is 0.0386. The summed E-state index contributed by atoms with van der Waals surface area (Å²) in [5.41, 5.74) is 7.19. The number of carboxylic acid groups (broad SMARTS) is 1. The predicted molar refractivity (Wildman–Crippen MR) is 229 cm³/mol. The third-order valence-electron chi connectivity index (χ3n) is 10.0. The summed E-state index contributed by atoms with van der Waals surface area (Å²) >= 11 is 11.0. The minimum Gasteiger partial charge on any atom is -0.480 e. The number of halogens is 1. The Morgan fingerprint density at radius 3 is 2.19 bits per heavy atom. The normalized spacial score (nSPS) is 12.2. The van der Waals surface area contributed by atoms with Crippen LogP contribution >= 0.6 is 24.2 Å². The number of H-pyrrole nitrogens is 1. The van der Waals surface area contributed by atoms with Crippen LogP contribution in [-0.2, 0) is 29.0 Å². The zero-order valence-corrected chi connectivity index (χ0v) is 33.9. The highest BCUT2D eigenvalue weighted by molar-refractivity contribution is 7.80. The van der Waals surface area contributed by atoms with Gasteiger partial charge in [-0.15, -0.1) is 10.2 Å². The van der Waals surface area contributed by atoms with Crippen molar-refractivity contribution in [3.05, 3.63) is 131 Å². The molecule has 0 spiro atoms. The van der Waals surface area contributed by atoms with E-state index < -0.39 is 17.9 Å². The van der Waals surface area contributed by atoms with Crippen LogP contribution in [0.2, 0.25) is 5.15 Å². The first-order valence-corrected chi connectivity index (χ1v) is 20.5. The number of thiol groups is 1. The molecule has 0 radical (unpaired) electrons. The molecule has 2 heterocycles. The minimum atomic E-state index is -1.11. The van der Waals surface area contributed by atoms with E-state index in [-0.39, 0.29) is 41.4 Å². The fraction of sp³-hybridized carbons (Fsp3) is 0.295. The number of rotatable bonds is 20. The number of carbonyl (C=O) groups is 3. The van der Waals surface area contributed by atoms with Gasteiger partial charge in [0.25, 0.3) is 5.91 Å². The smallest absolute Gasteiger partial charge is 0.326 e. The maximum Gasteiger partial charge on any atom is 0.326 e. The molecule has 4 N–H and O–H groups in total. The molecule has 4 aromatic carbocycles. The molecule has 0 aliphatic carbocycles. The van der Waals surface area contributed by atoms with E-state index in [4.69, 9.17) is 11.6 Å². The third kappa shape index (κ3) is 10.8. The second-order valence-electron chi connectivity index (χ2n) is 14.1. The van der Waals surface area contributed by atoms with Crippen molar-refractivity contribution in [1.82, 2.24) is 40.8 Å². The first kappa shape index (κ1) is 41.8. The van der Waals surface area contributed by atoms with Gasteiger partial charge in [-0.25, -0.2) is 9.78 Å². The van der Waals surface area contributed by atoms with E-state index in [9.17, 15) is 19.5 Å². The lowest BCUT2D eigenvalue weighted by atomic mass is 9.97. The lowest BCUT2D eigenvalue weighted by Crippen LogP contribution is -2.44. The van der Waals surface area contributed by atoms with Crippen LogP contribution in [0.4, 0.5) is 0 Å². The van der Waals surface area contributed by atoms with Crippen LogP contribution in [0.15, 0.2) is 103 Å². The largest absolute Gasteiger partial charge is 0.480 e. The molecule has 0 aliphatic heterocycles. The van der Waals surface area contributed by atoms with Gasteiger partial charge >= 0.3 is 5.97 Å². The van der Waals surface area contributed by atoms with Crippen LogP contribution in [0.5, 0.6) is 0 Å². The summed E-state index contributed by atoms with van der Waals surface area (Å²) in [6.07, 6.45) is 4.10. The average Bonchev–Trinajstić information content (AvgIpc) is 3.90. The number of aromatic amines is 1. The molecule has 2 amide bonds. The maximum absolute atomic E-state index is 13.6. The molecule has 0 saturated carbocycles. The molecule has 1 unspecified atom stereocenters. The summed E-state index contributed by atoms with van der Waals surface area (Å²) in [5, 5.41) is 30.2. The number of amides is 2. The Kier molecular flexibility index (Phi) is 14.8. The van der Waals surface area contributed by atoms with Crippen molar-refractivity contribution in [1.29, 1.82) is 0 Å². The second-order valence-corrected chi connectivity index (χ2v) is 14.9. The van der Waals surface area contributed by atoms with Crippen LogP contribution in [0.25, 0.3) is 33.6 Å². The third-order valence-corrected chi connectivity index (χ3v) is 10.8. The lowest BCUT2D eigenvalue weighted by molar-refractivity contribution is -0.142. The Balaban J connectivity index is 1.03. The number of unbranched alkanes of at least 4 members (excludes halogenated alkanes) is 2. The van der Waals surface area contributed by atoms with Gasteiger partial charge in [0, 0.05) is 30.8 Å². The molecule has 14 heteroatoms. The van der Waals surface area contributed by atoms with E-state index >= 15 is 0 Å². The molecule has 300 valence electrons. The molecule has 0 aliphatic rings.